The summed E-state index contributed by atoms with van der Waals surface area (Å²) in [5.74, 6) is 1.17. The molecule has 3 heterocycles. The molecule has 0 amide bonds. The summed E-state index contributed by atoms with van der Waals surface area (Å²) in [6, 6.07) is 17.4. The smallest absolute Gasteiger partial charge is 0.293 e. The molecule has 1 aliphatic carbocycles. The van der Waals surface area contributed by atoms with Gasteiger partial charge >= 0.3 is 0 Å². The Balaban J connectivity index is 1.45. The predicted molar refractivity (Wildman–Crippen MR) is 168 cm³/mol. The second-order valence-corrected chi connectivity index (χ2v) is 10.5. The van der Waals surface area contributed by atoms with E-state index in [0.29, 0.717) is 0 Å². The molecule has 0 bridgehead atoms. The number of aromatic nitrogens is 4. The molecule has 40 heavy (non-hydrogen) atoms. The molecule has 0 aliphatic heterocycles. The third-order valence-electron chi connectivity index (χ3n) is 7.85. The van der Waals surface area contributed by atoms with Crippen LogP contribution in [0.25, 0.3) is 51.4 Å². The van der Waals surface area contributed by atoms with Gasteiger partial charge in [0.25, 0.3) is 5.82 Å². The fraction of sp³-hybridized carbons (Fsp3) is 0.167. The number of hydrogen-bond donors (Lipinski definition) is 0. The Morgan fingerprint density at radius 3 is 2.52 bits per heavy atom. The van der Waals surface area contributed by atoms with Crippen LogP contribution in [-0.4, -0.2) is 14.1 Å². The molecule has 4 nitrogen and oxygen atoms in total. The number of nitrogens with zero attached hydrogens (tertiary/aromatic N) is 4. The molecule has 0 spiro atoms. The molecule has 0 radical (unpaired) electrons. The molecule has 4 heteroatoms. The molecule has 0 unspecified atom stereocenters. The number of imidazole rings is 1. The Bertz CT molecular complexity index is 1820. The molecular weight excluding hydrogens is 488 g/mol. The van der Waals surface area contributed by atoms with E-state index in [4.69, 9.17) is 0 Å². The predicted octanol–water partition coefficient (Wildman–Crippen LogP) is 8.33. The summed E-state index contributed by atoms with van der Waals surface area (Å²) in [6.07, 6.45) is 21.1. The van der Waals surface area contributed by atoms with Crippen molar-refractivity contribution in [2.45, 2.75) is 33.6 Å². The lowest BCUT2D eigenvalue weighted by Gasteiger charge is -2.19. The van der Waals surface area contributed by atoms with E-state index >= 15 is 0 Å². The topological polar surface area (TPSA) is 26.6 Å². The standard InChI is InChI=1S/C36H35N4/c1-6-12-33-31(7-2)32-24-37-18-17-34(32)40(33)30-16-11-15-28(23-30)29-21-25(3)35(26(4)22-29)39-20-19-38(5)36(39)27-13-9-8-10-14-27/h6-10,12-15,17-24H,2,11,16H2,1,3-5H3/q+1/b12-6-. The fourth-order valence-corrected chi connectivity index (χ4v) is 6.18. The van der Waals surface area contributed by atoms with Crippen molar-refractivity contribution in [3.05, 3.63) is 126 Å². The van der Waals surface area contributed by atoms with E-state index in [9.17, 15) is 0 Å². The first-order chi connectivity index (χ1) is 19.5. The lowest BCUT2D eigenvalue weighted by molar-refractivity contribution is -0.659. The summed E-state index contributed by atoms with van der Waals surface area (Å²) < 4.78 is 6.90. The Hall–Kier alpha value is -4.70. The van der Waals surface area contributed by atoms with Crippen LogP contribution in [0.4, 0.5) is 0 Å². The van der Waals surface area contributed by atoms with E-state index in [0.717, 1.165) is 29.5 Å². The second kappa shape index (κ2) is 10.5. The average Bonchev–Trinajstić information content (AvgIpc) is 3.50. The van der Waals surface area contributed by atoms with E-state index in [2.05, 4.69) is 138 Å². The lowest BCUT2D eigenvalue weighted by atomic mass is 9.93. The number of allylic oxidation sites excluding steroid dienone is 5. The van der Waals surface area contributed by atoms with Crippen molar-refractivity contribution in [1.29, 1.82) is 0 Å². The van der Waals surface area contributed by atoms with Crippen LogP contribution >= 0.6 is 0 Å². The van der Waals surface area contributed by atoms with Crippen molar-refractivity contribution >= 4 is 34.3 Å². The SMILES string of the molecule is C=Cc1c(/C=C\C)n(C2=CC(c3cc(C)c(-n4cc[n+](C)c4-c4ccccc4)c(C)c3)=CCC2)c2ccncc12. The Kier molecular flexibility index (Phi) is 6.69. The van der Waals surface area contributed by atoms with Gasteiger partial charge < -0.3 is 4.57 Å². The van der Waals surface area contributed by atoms with Crippen LogP contribution < -0.4 is 4.57 Å². The zero-order valence-corrected chi connectivity index (χ0v) is 23.7. The minimum absolute atomic E-state index is 0.979. The van der Waals surface area contributed by atoms with Crippen molar-refractivity contribution in [3.8, 4) is 17.1 Å². The molecule has 2 aromatic carbocycles. The van der Waals surface area contributed by atoms with Gasteiger partial charge in [-0.05, 0) is 98.4 Å². The van der Waals surface area contributed by atoms with Gasteiger partial charge in [-0.2, -0.15) is 4.57 Å². The number of pyridine rings is 1. The number of fused-ring (bicyclic) bond motifs is 1. The molecule has 198 valence electrons. The van der Waals surface area contributed by atoms with Crippen LogP contribution in [-0.2, 0) is 7.05 Å². The largest absolute Gasteiger partial charge is 0.313 e. The van der Waals surface area contributed by atoms with Crippen LogP contribution in [0.3, 0.4) is 0 Å². The monoisotopic (exact) mass is 523 g/mol. The maximum Gasteiger partial charge on any atom is 0.293 e. The van der Waals surface area contributed by atoms with Gasteiger partial charge in [0.05, 0.1) is 23.8 Å². The maximum atomic E-state index is 4.40. The summed E-state index contributed by atoms with van der Waals surface area (Å²) in [5.41, 5.74) is 12.2. The number of aryl methyl sites for hydroxylation is 3. The minimum Gasteiger partial charge on any atom is -0.313 e. The quantitative estimate of drug-likeness (QED) is 0.206. The van der Waals surface area contributed by atoms with E-state index < -0.39 is 0 Å². The highest BCUT2D eigenvalue weighted by atomic mass is 15.1. The fourth-order valence-electron chi connectivity index (χ4n) is 6.18. The van der Waals surface area contributed by atoms with Gasteiger partial charge in [-0.1, -0.05) is 43.0 Å². The first-order valence-corrected chi connectivity index (χ1v) is 13.9. The third kappa shape index (κ3) is 4.26. The molecule has 6 rings (SSSR count). The molecule has 0 fully saturated rings. The van der Waals surface area contributed by atoms with Gasteiger partial charge in [0.1, 0.15) is 18.1 Å². The molecule has 0 saturated heterocycles. The summed E-state index contributed by atoms with van der Waals surface area (Å²) >= 11 is 0. The molecule has 3 aromatic heterocycles. The zero-order chi connectivity index (χ0) is 27.8. The van der Waals surface area contributed by atoms with Gasteiger partial charge in [-0.15, -0.1) is 0 Å². The van der Waals surface area contributed by atoms with E-state index in [1.54, 1.807) is 0 Å². The van der Waals surface area contributed by atoms with Gasteiger partial charge in [0, 0.05) is 29.0 Å². The number of rotatable bonds is 6. The lowest BCUT2D eigenvalue weighted by Crippen LogP contribution is -2.29. The number of benzene rings is 2. The highest BCUT2D eigenvalue weighted by Crippen LogP contribution is 2.37. The van der Waals surface area contributed by atoms with Gasteiger partial charge in [-0.25, -0.2) is 4.57 Å². The molecule has 0 N–H and O–H groups in total. The number of hydrogen-bond acceptors (Lipinski definition) is 1. The summed E-state index contributed by atoms with van der Waals surface area (Å²) in [6.45, 7) is 10.6. The molecule has 1 aliphatic rings. The zero-order valence-electron chi connectivity index (χ0n) is 23.7. The third-order valence-corrected chi connectivity index (χ3v) is 7.85. The van der Waals surface area contributed by atoms with Crippen molar-refractivity contribution < 1.29 is 4.57 Å². The first kappa shape index (κ1) is 25.6. The summed E-state index contributed by atoms with van der Waals surface area (Å²) in [5, 5.41) is 1.13. The van der Waals surface area contributed by atoms with Crippen molar-refractivity contribution in [1.82, 2.24) is 14.1 Å². The van der Waals surface area contributed by atoms with E-state index in [-0.39, 0.29) is 0 Å². The molecule has 0 atom stereocenters. The second-order valence-electron chi connectivity index (χ2n) is 10.5. The van der Waals surface area contributed by atoms with Crippen molar-refractivity contribution in [2.75, 3.05) is 0 Å². The van der Waals surface area contributed by atoms with Gasteiger partial charge in [0.15, 0.2) is 0 Å². The highest BCUT2D eigenvalue weighted by Gasteiger charge is 2.23. The van der Waals surface area contributed by atoms with E-state index in [1.807, 2.05) is 18.5 Å². The van der Waals surface area contributed by atoms with Crippen LogP contribution in [0.1, 0.15) is 47.7 Å². The van der Waals surface area contributed by atoms with Crippen LogP contribution in [0.15, 0.2) is 98.1 Å². The summed E-state index contributed by atoms with van der Waals surface area (Å²) in [7, 11) is 2.11. The Morgan fingerprint density at radius 2 is 1.80 bits per heavy atom. The van der Waals surface area contributed by atoms with E-state index in [1.165, 1.54) is 50.6 Å². The van der Waals surface area contributed by atoms with Crippen molar-refractivity contribution in [2.24, 2.45) is 7.05 Å². The normalized spacial score (nSPS) is 13.6. The first-order valence-electron chi connectivity index (χ1n) is 13.9. The van der Waals surface area contributed by atoms with Crippen LogP contribution in [0.5, 0.6) is 0 Å². The van der Waals surface area contributed by atoms with Crippen molar-refractivity contribution in [3.63, 3.8) is 0 Å². The molecular formula is C36H35N4+. The summed E-state index contributed by atoms with van der Waals surface area (Å²) in [4.78, 5) is 4.40. The average molecular weight is 524 g/mol. The van der Waals surface area contributed by atoms with Crippen LogP contribution in [0.2, 0.25) is 0 Å². The Morgan fingerprint density at radius 1 is 1.02 bits per heavy atom. The Labute approximate surface area is 236 Å². The highest BCUT2D eigenvalue weighted by molar-refractivity contribution is 5.97. The maximum absolute atomic E-state index is 4.40. The van der Waals surface area contributed by atoms with Gasteiger partial charge in [-0.3, -0.25) is 4.98 Å². The minimum atomic E-state index is 0.979. The molecule has 0 saturated carbocycles. The van der Waals surface area contributed by atoms with Gasteiger partial charge in [0.2, 0.25) is 0 Å². The van der Waals surface area contributed by atoms with Crippen LogP contribution in [0, 0.1) is 13.8 Å². The molecule has 5 aromatic rings.